The van der Waals surface area contributed by atoms with E-state index in [-0.39, 0.29) is 18.0 Å². The predicted octanol–water partition coefficient (Wildman–Crippen LogP) is 6.19. The molecule has 2 heterocycles. The van der Waals surface area contributed by atoms with Crippen molar-refractivity contribution in [2.75, 3.05) is 25.1 Å². The van der Waals surface area contributed by atoms with Crippen LogP contribution in [0.2, 0.25) is 0 Å². The van der Waals surface area contributed by atoms with Gasteiger partial charge in [0.05, 0.1) is 18.3 Å². The van der Waals surface area contributed by atoms with Crippen LogP contribution in [0.15, 0.2) is 103 Å². The second kappa shape index (κ2) is 11.5. The van der Waals surface area contributed by atoms with E-state index in [0.29, 0.717) is 48.9 Å². The van der Waals surface area contributed by atoms with Crippen LogP contribution in [0.4, 0.5) is 10.5 Å². The lowest BCUT2D eigenvalue weighted by molar-refractivity contribution is 0.0338. The van der Waals surface area contributed by atoms with Crippen LogP contribution >= 0.6 is 0 Å². The van der Waals surface area contributed by atoms with E-state index in [9.17, 15) is 9.59 Å². The molecular weight excluding hydrogens is 530 g/mol. The van der Waals surface area contributed by atoms with Gasteiger partial charge in [-0.05, 0) is 48.9 Å². The topological polar surface area (TPSA) is 80.3 Å². The summed E-state index contributed by atoms with van der Waals surface area (Å²) in [5.74, 6) is 1.82. The fraction of sp³-hybridized carbons (Fsp3) is 0.235. The normalized spacial score (nSPS) is 18.8. The molecule has 0 radical (unpaired) electrons. The minimum Gasteiger partial charge on any atom is -0.492 e. The van der Waals surface area contributed by atoms with E-state index in [4.69, 9.17) is 14.2 Å². The molecule has 1 fully saturated rings. The molecule has 6 rings (SSSR count). The zero-order valence-corrected chi connectivity index (χ0v) is 23.7. The molecule has 2 bridgehead atoms. The van der Waals surface area contributed by atoms with Gasteiger partial charge in [0.15, 0.2) is 17.2 Å². The van der Waals surface area contributed by atoms with Crippen LogP contribution < -0.4 is 24.4 Å². The summed E-state index contributed by atoms with van der Waals surface area (Å²) in [6.45, 7) is 3.07. The summed E-state index contributed by atoms with van der Waals surface area (Å²) < 4.78 is 18.6. The molecule has 1 N–H and O–H groups in total. The third-order valence-electron chi connectivity index (χ3n) is 7.64. The summed E-state index contributed by atoms with van der Waals surface area (Å²) >= 11 is 0. The summed E-state index contributed by atoms with van der Waals surface area (Å²) in [7, 11) is 1.74. The van der Waals surface area contributed by atoms with Gasteiger partial charge in [-0.1, -0.05) is 66.7 Å². The number of nitrogens with zero attached hydrogens (tertiary/aromatic N) is 2. The Kier molecular flexibility index (Phi) is 7.44. The predicted molar refractivity (Wildman–Crippen MR) is 160 cm³/mol. The van der Waals surface area contributed by atoms with Crippen molar-refractivity contribution >= 4 is 17.6 Å². The number of carbonyl (C=O) groups is 2. The molecule has 4 aromatic carbocycles. The Balaban J connectivity index is 1.20. The Hall–Kier alpha value is -4.98. The van der Waals surface area contributed by atoms with Gasteiger partial charge in [-0.25, -0.2) is 4.79 Å². The number of amides is 3. The number of carbonyl (C=O) groups excluding carboxylic acids is 2. The maximum atomic E-state index is 13.5. The van der Waals surface area contributed by atoms with Crippen LogP contribution in [-0.2, 0) is 6.61 Å². The molecule has 8 heteroatoms. The monoisotopic (exact) mass is 563 g/mol. The van der Waals surface area contributed by atoms with Gasteiger partial charge in [0.1, 0.15) is 19.0 Å². The molecule has 0 spiro atoms. The Morgan fingerprint density at radius 3 is 2.50 bits per heavy atom. The van der Waals surface area contributed by atoms with Gasteiger partial charge in [-0.15, -0.1) is 0 Å². The quantitative estimate of drug-likeness (QED) is 0.263. The third-order valence-corrected chi connectivity index (χ3v) is 7.64. The molecule has 2 atom stereocenters. The van der Waals surface area contributed by atoms with Crippen molar-refractivity contribution < 1.29 is 23.8 Å². The van der Waals surface area contributed by atoms with E-state index >= 15 is 0 Å². The lowest BCUT2D eigenvalue weighted by Crippen LogP contribution is -2.65. The van der Waals surface area contributed by atoms with Crippen molar-refractivity contribution in [3.8, 4) is 17.2 Å². The lowest BCUT2D eigenvalue weighted by atomic mass is 9.89. The minimum atomic E-state index is -0.997. The average molecular weight is 564 g/mol. The van der Waals surface area contributed by atoms with Gasteiger partial charge < -0.3 is 24.4 Å². The number of benzene rings is 4. The van der Waals surface area contributed by atoms with Crippen molar-refractivity contribution in [2.24, 2.45) is 0 Å². The molecule has 0 saturated carbocycles. The van der Waals surface area contributed by atoms with Crippen LogP contribution in [0, 0.1) is 0 Å². The Bertz CT molecular complexity index is 1580. The minimum absolute atomic E-state index is 0.166. The first-order chi connectivity index (χ1) is 20.4. The number of ether oxygens (including phenoxy) is 3. The molecule has 42 heavy (non-hydrogen) atoms. The van der Waals surface area contributed by atoms with E-state index in [2.05, 4.69) is 5.32 Å². The zero-order valence-electron chi connectivity index (χ0n) is 23.7. The number of para-hydroxylation sites is 2. The number of anilines is 1. The fourth-order valence-electron chi connectivity index (χ4n) is 5.52. The fourth-order valence-corrected chi connectivity index (χ4v) is 5.52. The largest absolute Gasteiger partial charge is 0.492 e. The van der Waals surface area contributed by atoms with E-state index in [1.54, 1.807) is 35.0 Å². The molecule has 4 aromatic rings. The standard InChI is InChI=1S/C34H33N3O5/c1-34-22-29(28-17-10-18-30(31(28)42-34)41-23-24-11-5-3-6-12-24)35-33(39)37(34)26-14-9-13-25(21-26)32(38)36(2)19-20-40-27-15-7-4-8-16-27/h3-18,21,29H,19-20,22-23H2,1-2H3,(H,35,39). The van der Waals surface area contributed by atoms with Gasteiger partial charge in [0.25, 0.3) is 5.91 Å². The first-order valence-electron chi connectivity index (χ1n) is 14.0. The number of rotatable bonds is 9. The molecule has 3 amide bonds. The van der Waals surface area contributed by atoms with Gasteiger partial charge in [-0.2, -0.15) is 0 Å². The van der Waals surface area contributed by atoms with Gasteiger partial charge in [0.2, 0.25) is 0 Å². The highest BCUT2D eigenvalue weighted by atomic mass is 16.5. The highest BCUT2D eigenvalue weighted by molar-refractivity contribution is 5.99. The smallest absolute Gasteiger partial charge is 0.325 e. The first-order valence-corrected chi connectivity index (χ1v) is 14.0. The number of nitrogens with one attached hydrogen (secondary N) is 1. The number of urea groups is 1. The second-order valence-corrected chi connectivity index (χ2v) is 10.7. The summed E-state index contributed by atoms with van der Waals surface area (Å²) in [5, 5.41) is 3.13. The lowest BCUT2D eigenvalue weighted by Gasteiger charge is -2.50. The van der Waals surface area contributed by atoms with Crippen molar-refractivity contribution in [1.82, 2.24) is 10.2 Å². The summed E-state index contributed by atoms with van der Waals surface area (Å²) in [4.78, 5) is 30.0. The maximum absolute atomic E-state index is 13.5. The van der Waals surface area contributed by atoms with Gasteiger partial charge >= 0.3 is 6.03 Å². The Morgan fingerprint density at radius 2 is 1.71 bits per heavy atom. The van der Waals surface area contributed by atoms with E-state index < -0.39 is 5.72 Å². The van der Waals surface area contributed by atoms with Crippen molar-refractivity contribution in [3.63, 3.8) is 0 Å². The molecule has 2 aliphatic heterocycles. The van der Waals surface area contributed by atoms with Crippen LogP contribution in [0.25, 0.3) is 0 Å². The highest BCUT2D eigenvalue weighted by Gasteiger charge is 2.50. The molecule has 2 unspecified atom stereocenters. The van der Waals surface area contributed by atoms with Crippen LogP contribution in [0.5, 0.6) is 17.2 Å². The number of likely N-dealkylation sites (N-methyl/N-ethyl adjacent to an activating group) is 1. The number of hydrogen-bond acceptors (Lipinski definition) is 5. The molecule has 0 aromatic heterocycles. The zero-order chi connectivity index (χ0) is 29.1. The number of hydrogen-bond donors (Lipinski definition) is 1. The average Bonchev–Trinajstić information content (AvgIpc) is 3.00. The molecular formula is C34H33N3O5. The third kappa shape index (κ3) is 5.48. The van der Waals surface area contributed by atoms with Gasteiger partial charge in [-0.3, -0.25) is 9.69 Å². The molecule has 1 saturated heterocycles. The van der Waals surface area contributed by atoms with Crippen LogP contribution in [0.3, 0.4) is 0 Å². The van der Waals surface area contributed by atoms with Crippen molar-refractivity contribution in [2.45, 2.75) is 31.7 Å². The summed E-state index contributed by atoms with van der Waals surface area (Å²) in [5.41, 5.74) is 1.97. The SMILES string of the molecule is CN(CCOc1ccccc1)C(=O)c1cccc(N2C(=O)NC3CC2(C)Oc2c(OCc4ccccc4)cccc23)c1. The van der Waals surface area contributed by atoms with Gasteiger partial charge in [0, 0.05) is 24.6 Å². The molecule has 214 valence electrons. The second-order valence-electron chi connectivity index (χ2n) is 10.7. The Morgan fingerprint density at radius 1 is 0.976 bits per heavy atom. The summed E-state index contributed by atoms with van der Waals surface area (Å²) in [6, 6.07) is 31.8. The van der Waals surface area contributed by atoms with Crippen molar-refractivity contribution in [3.05, 3.63) is 120 Å². The summed E-state index contributed by atoms with van der Waals surface area (Å²) in [6.07, 6.45) is 0.531. The van der Waals surface area contributed by atoms with Crippen LogP contribution in [-0.4, -0.2) is 42.8 Å². The molecule has 8 nitrogen and oxygen atoms in total. The van der Waals surface area contributed by atoms with E-state index in [1.165, 1.54) is 0 Å². The highest BCUT2D eigenvalue weighted by Crippen LogP contribution is 2.49. The maximum Gasteiger partial charge on any atom is 0.325 e. The van der Waals surface area contributed by atoms with Crippen molar-refractivity contribution in [1.29, 1.82) is 0 Å². The molecule has 0 aliphatic carbocycles. The molecule has 2 aliphatic rings. The van der Waals surface area contributed by atoms with E-state index in [0.717, 1.165) is 16.9 Å². The van der Waals surface area contributed by atoms with Crippen LogP contribution in [0.1, 0.15) is 40.9 Å². The first kappa shape index (κ1) is 27.2. The number of fused-ring (bicyclic) bond motifs is 4. The Labute approximate surface area is 245 Å². The van der Waals surface area contributed by atoms with E-state index in [1.807, 2.05) is 91.9 Å².